The number of carboxylic acid groups (broad SMARTS) is 1. The van der Waals surface area contributed by atoms with Crippen LogP contribution in [0.5, 0.6) is 11.5 Å². The first kappa shape index (κ1) is 34.4. The minimum absolute atomic E-state index is 0.147. The molecule has 2 aromatic heterocycles. The SMILES string of the molecule is C[C@@H](COc1ccnc2c1[C@H](C)CCC2)CC1Cc2ccc(OCCc3cnn(C)c3)cc2C12CCC(Nc1cccc(Cl)c1)(C(=O)O)CC2. The van der Waals surface area contributed by atoms with Crippen LogP contribution in [0.3, 0.4) is 0 Å². The highest BCUT2D eigenvalue weighted by Crippen LogP contribution is 2.56. The molecule has 3 atom stereocenters. The zero-order chi connectivity index (χ0) is 34.9. The predicted octanol–water partition coefficient (Wildman–Crippen LogP) is 8.55. The number of carboxylic acids is 1. The minimum atomic E-state index is -1.06. The summed E-state index contributed by atoms with van der Waals surface area (Å²) in [5.41, 5.74) is 5.83. The van der Waals surface area contributed by atoms with Crippen molar-refractivity contribution in [2.75, 3.05) is 18.5 Å². The molecule has 2 heterocycles. The quantitative estimate of drug-likeness (QED) is 0.153. The van der Waals surface area contributed by atoms with Crippen molar-refractivity contribution in [2.45, 2.75) is 94.9 Å². The highest BCUT2D eigenvalue weighted by Gasteiger charge is 2.54. The lowest BCUT2D eigenvalue weighted by atomic mass is 9.59. The molecule has 1 unspecified atom stereocenters. The van der Waals surface area contributed by atoms with Crippen LogP contribution in [0.1, 0.15) is 92.7 Å². The molecular weight excluding hydrogens is 648 g/mol. The Labute approximate surface area is 300 Å². The van der Waals surface area contributed by atoms with Crippen LogP contribution in [-0.2, 0) is 36.5 Å². The van der Waals surface area contributed by atoms with Gasteiger partial charge in [-0.15, -0.1) is 0 Å². The molecule has 8 nitrogen and oxygen atoms in total. The molecule has 2 aromatic carbocycles. The van der Waals surface area contributed by atoms with Gasteiger partial charge in [0.05, 0.1) is 19.4 Å². The van der Waals surface area contributed by atoms with Gasteiger partial charge in [0, 0.05) is 47.8 Å². The number of benzene rings is 2. The van der Waals surface area contributed by atoms with Crippen LogP contribution >= 0.6 is 11.6 Å². The number of hydrogen-bond acceptors (Lipinski definition) is 6. The third-order valence-electron chi connectivity index (χ3n) is 11.7. The number of pyridine rings is 1. The third-order valence-corrected chi connectivity index (χ3v) is 11.9. The van der Waals surface area contributed by atoms with Crippen LogP contribution in [0, 0.1) is 11.8 Å². The maximum atomic E-state index is 13.0. The Bertz CT molecular complexity index is 1830. The van der Waals surface area contributed by atoms with Crippen molar-refractivity contribution in [1.29, 1.82) is 0 Å². The Morgan fingerprint density at radius 2 is 1.98 bits per heavy atom. The molecule has 2 N–H and O–H groups in total. The summed E-state index contributed by atoms with van der Waals surface area (Å²) >= 11 is 6.29. The Kier molecular flexibility index (Phi) is 9.84. The fraction of sp³-hybridized carbons (Fsp3) is 0.488. The van der Waals surface area contributed by atoms with E-state index in [1.54, 1.807) is 6.07 Å². The van der Waals surface area contributed by atoms with Crippen LogP contribution in [-0.4, -0.2) is 44.6 Å². The van der Waals surface area contributed by atoms with Crippen LogP contribution < -0.4 is 14.8 Å². The lowest BCUT2D eigenvalue weighted by Gasteiger charge is -2.47. The van der Waals surface area contributed by atoms with E-state index in [9.17, 15) is 9.90 Å². The first-order valence-electron chi connectivity index (χ1n) is 18.3. The zero-order valence-electron chi connectivity index (χ0n) is 29.5. The molecule has 3 aliphatic rings. The molecule has 9 heteroatoms. The fourth-order valence-corrected chi connectivity index (χ4v) is 9.24. The Hall–Kier alpha value is -4.04. The maximum absolute atomic E-state index is 13.0. The number of hydrogen-bond donors (Lipinski definition) is 2. The highest BCUT2D eigenvalue weighted by atomic mass is 35.5. The molecule has 264 valence electrons. The van der Waals surface area contributed by atoms with Gasteiger partial charge in [-0.3, -0.25) is 9.67 Å². The van der Waals surface area contributed by atoms with E-state index in [1.807, 2.05) is 54.6 Å². The lowest BCUT2D eigenvalue weighted by Crippen LogP contribution is -2.53. The van der Waals surface area contributed by atoms with Gasteiger partial charge in [-0.2, -0.15) is 5.10 Å². The number of aromatic nitrogens is 3. The summed E-state index contributed by atoms with van der Waals surface area (Å²) < 4.78 is 14.7. The molecule has 1 fully saturated rings. The van der Waals surface area contributed by atoms with Crippen molar-refractivity contribution < 1.29 is 19.4 Å². The van der Waals surface area contributed by atoms with Gasteiger partial charge in [0.1, 0.15) is 17.0 Å². The van der Waals surface area contributed by atoms with E-state index in [0.717, 1.165) is 61.3 Å². The first-order valence-corrected chi connectivity index (χ1v) is 18.6. The second kappa shape index (κ2) is 14.3. The van der Waals surface area contributed by atoms with Gasteiger partial charge in [-0.05, 0) is 134 Å². The number of anilines is 1. The van der Waals surface area contributed by atoms with E-state index in [0.29, 0.717) is 48.8 Å². The predicted molar refractivity (Wildman–Crippen MR) is 196 cm³/mol. The standard InChI is InChI=1S/C41H49ClN4O4/c1-27(26-50-37-12-18-43-36-9-4-6-28(2)38(36)37)20-31-21-30-10-11-34(49-19-13-29-24-44-46(3)25-29)23-35(30)40(31)14-16-41(17-15-40,39(47)48)45-33-8-5-7-32(42)22-33/h5,7-8,10-12,18,22-25,27-28,31,45H,4,6,9,13-17,19-21,26H2,1-3H3,(H,47,48)/t27-,28-,31?,40?,41?/m1/s1. The summed E-state index contributed by atoms with van der Waals surface area (Å²) in [7, 11) is 1.92. The Morgan fingerprint density at radius 1 is 1.14 bits per heavy atom. The van der Waals surface area contributed by atoms with Gasteiger partial charge in [0.25, 0.3) is 0 Å². The summed E-state index contributed by atoms with van der Waals surface area (Å²) in [5.74, 6) is 2.19. The normalized spacial score (nSPS) is 24.7. The average molecular weight is 697 g/mol. The molecule has 0 bridgehead atoms. The number of carbonyl (C=O) groups is 1. The number of aryl methyl sites for hydroxylation is 2. The highest BCUT2D eigenvalue weighted by molar-refractivity contribution is 6.30. The van der Waals surface area contributed by atoms with Gasteiger partial charge in [0.15, 0.2) is 0 Å². The largest absolute Gasteiger partial charge is 0.493 e. The van der Waals surface area contributed by atoms with E-state index in [2.05, 4.69) is 47.4 Å². The van der Waals surface area contributed by atoms with Crippen molar-refractivity contribution in [3.63, 3.8) is 0 Å². The smallest absolute Gasteiger partial charge is 0.329 e. The van der Waals surface area contributed by atoms with E-state index < -0.39 is 11.5 Å². The summed E-state index contributed by atoms with van der Waals surface area (Å²) in [4.78, 5) is 17.6. The second-order valence-corrected chi connectivity index (χ2v) is 15.6. The van der Waals surface area contributed by atoms with Crippen LogP contribution in [0.15, 0.2) is 67.1 Å². The number of rotatable bonds is 12. The summed E-state index contributed by atoms with van der Waals surface area (Å²) in [6.45, 7) is 5.79. The molecule has 1 saturated carbocycles. The Balaban J connectivity index is 1.11. The molecule has 0 saturated heterocycles. The first-order chi connectivity index (χ1) is 24.1. The topological polar surface area (TPSA) is 98.5 Å². The molecular formula is C41H49ClN4O4. The number of halogens is 1. The number of nitrogens with zero attached hydrogens (tertiary/aromatic N) is 3. The van der Waals surface area contributed by atoms with Crippen LogP contribution in [0.2, 0.25) is 5.02 Å². The monoisotopic (exact) mass is 696 g/mol. The van der Waals surface area contributed by atoms with Gasteiger partial charge in [-0.25, -0.2) is 4.79 Å². The Morgan fingerprint density at radius 3 is 2.74 bits per heavy atom. The van der Waals surface area contributed by atoms with E-state index in [-0.39, 0.29) is 5.41 Å². The molecule has 0 amide bonds. The van der Waals surface area contributed by atoms with Gasteiger partial charge in [-0.1, -0.05) is 37.6 Å². The minimum Gasteiger partial charge on any atom is -0.493 e. The van der Waals surface area contributed by atoms with Crippen molar-refractivity contribution >= 4 is 23.3 Å². The van der Waals surface area contributed by atoms with E-state index in [1.165, 1.54) is 35.2 Å². The molecule has 3 aliphatic carbocycles. The van der Waals surface area contributed by atoms with Crippen LogP contribution in [0.4, 0.5) is 5.69 Å². The van der Waals surface area contributed by atoms with Crippen LogP contribution in [0.25, 0.3) is 0 Å². The zero-order valence-corrected chi connectivity index (χ0v) is 30.2. The molecule has 0 radical (unpaired) electrons. The number of fused-ring (bicyclic) bond motifs is 3. The molecule has 4 aromatic rings. The maximum Gasteiger partial charge on any atom is 0.329 e. The molecule has 50 heavy (non-hydrogen) atoms. The summed E-state index contributed by atoms with van der Waals surface area (Å²) in [6, 6.07) is 16.0. The van der Waals surface area contributed by atoms with Crippen molar-refractivity contribution in [3.05, 3.63) is 100 Å². The van der Waals surface area contributed by atoms with Gasteiger partial charge < -0.3 is 19.9 Å². The second-order valence-electron chi connectivity index (χ2n) is 15.1. The molecule has 1 spiro atoms. The lowest BCUT2D eigenvalue weighted by molar-refractivity contribution is -0.144. The van der Waals surface area contributed by atoms with Crippen molar-refractivity contribution in [2.24, 2.45) is 18.9 Å². The van der Waals surface area contributed by atoms with E-state index in [4.69, 9.17) is 21.1 Å². The number of aliphatic carboxylic acids is 1. The van der Waals surface area contributed by atoms with E-state index >= 15 is 0 Å². The fourth-order valence-electron chi connectivity index (χ4n) is 9.05. The average Bonchev–Trinajstić information content (AvgIpc) is 3.64. The van der Waals surface area contributed by atoms with Gasteiger partial charge >= 0.3 is 5.97 Å². The summed E-state index contributed by atoms with van der Waals surface area (Å²) in [6.07, 6.45) is 14.5. The molecule has 7 rings (SSSR count). The molecule has 0 aliphatic heterocycles. The van der Waals surface area contributed by atoms with Gasteiger partial charge in [0.2, 0.25) is 0 Å². The third kappa shape index (κ3) is 6.96. The van der Waals surface area contributed by atoms with Crippen molar-refractivity contribution in [3.8, 4) is 11.5 Å². The summed E-state index contributed by atoms with van der Waals surface area (Å²) in [5, 5.41) is 18.9. The number of ether oxygens (including phenoxy) is 2. The number of nitrogens with one attached hydrogen (secondary N) is 1. The van der Waals surface area contributed by atoms with Crippen molar-refractivity contribution in [1.82, 2.24) is 14.8 Å².